The minimum Gasteiger partial charge on any atom is -0.486 e. The van der Waals surface area contributed by atoms with Crippen LogP contribution in [0.2, 0.25) is 0 Å². The molecular weight excluding hydrogens is 414 g/mol. The SMILES string of the molecule is CN(C(=O)C=Cc1cn(-c2ccccc2)nc1-c1ccc2c(c1)OCCO2)C1CCCCC1. The summed E-state index contributed by atoms with van der Waals surface area (Å²) in [7, 11) is 1.91. The third-order valence-electron chi connectivity index (χ3n) is 6.45. The van der Waals surface area contributed by atoms with Gasteiger partial charge in [-0.1, -0.05) is 37.5 Å². The highest BCUT2D eigenvalue weighted by Crippen LogP contribution is 2.35. The highest BCUT2D eigenvalue weighted by Gasteiger charge is 2.21. The second kappa shape index (κ2) is 9.53. The van der Waals surface area contributed by atoms with E-state index in [-0.39, 0.29) is 5.91 Å². The smallest absolute Gasteiger partial charge is 0.246 e. The molecule has 170 valence electrons. The van der Waals surface area contributed by atoms with Crippen molar-refractivity contribution < 1.29 is 14.3 Å². The molecule has 0 N–H and O–H groups in total. The Bertz CT molecular complexity index is 1150. The Kier molecular flexibility index (Phi) is 6.15. The van der Waals surface area contributed by atoms with Crippen LogP contribution in [0.1, 0.15) is 37.7 Å². The number of likely N-dealkylation sites (N-methyl/N-ethyl adjacent to an activating group) is 1. The third kappa shape index (κ3) is 4.65. The van der Waals surface area contributed by atoms with Crippen LogP contribution < -0.4 is 9.47 Å². The monoisotopic (exact) mass is 443 g/mol. The number of rotatable bonds is 5. The molecule has 0 unspecified atom stereocenters. The van der Waals surface area contributed by atoms with E-state index in [1.54, 1.807) is 6.08 Å². The second-order valence-electron chi connectivity index (χ2n) is 8.65. The van der Waals surface area contributed by atoms with Crippen LogP contribution in [0.5, 0.6) is 11.5 Å². The fourth-order valence-electron chi connectivity index (χ4n) is 4.56. The fourth-order valence-corrected chi connectivity index (χ4v) is 4.56. The van der Waals surface area contributed by atoms with E-state index >= 15 is 0 Å². The lowest BCUT2D eigenvalue weighted by Crippen LogP contribution is -2.37. The molecule has 6 nitrogen and oxygen atoms in total. The summed E-state index contributed by atoms with van der Waals surface area (Å²) >= 11 is 0. The largest absolute Gasteiger partial charge is 0.486 e. The van der Waals surface area contributed by atoms with Crippen LogP contribution in [0.15, 0.2) is 60.8 Å². The maximum atomic E-state index is 12.9. The van der Waals surface area contributed by atoms with E-state index in [0.717, 1.165) is 46.8 Å². The van der Waals surface area contributed by atoms with Crippen molar-refractivity contribution in [1.29, 1.82) is 0 Å². The molecule has 1 aromatic heterocycles. The number of hydrogen-bond acceptors (Lipinski definition) is 4. The van der Waals surface area contributed by atoms with Crippen molar-refractivity contribution in [2.45, 2.75) is 38.1 Å². The van der Waals surface area contributed by atoms with Crippen molar-refractivity contribution in [1.82, 2.24) is 14.7 Å². The Labute approximate surface area is 194 Å². The molecule has 1 aliphatic heterocycles. The molecule has 5 rings (SSSR count). The van der Waals surface area contributed by atoms with E-state index in [1.807, 2.05) is 77.4 Å². The van der Waals surface area contributed by atoms with E-state index in [9.17, 15) is 4.79 Å². The van der Waals surface area contributed by atoms with E-state index < -0.39 is 0 Å². The van der Waals surface area contributed by atoms with E-state index in [4.69, 9.17) is 14.6 Å². The van der Waals surface area contributed by atoms with Gasteiger partial charge in [0.05, 0.1) is 5.69 Å². The standard InChI is InChI=1S/C27H29N3O3/c1-29(22-8-4-2-5-9-22)26(31)15-13-21-19-30(23-10-6-3-7-11-23)28-27(21)20-12-14-24-25(18-20)33-17-16-32-24/h3,6-7,10-15,18-19,22H,2,4-5,8-9,16-17H2,1H3. The zero-order chi connectivity index (χ0) is 22.6. The Morgan fingerprint density at radius 3 is 2.58 bits per heavy atom. The summed E-state index contributed by atoms with van der Waals surface area (Å²) in [6, 6.07) is 16.2. The van der Waals surface area contributed by atoms with E-state index in [2.05, 4.69) is 0 Å². The number of fused-ring (bicyclic) bond motifs is 1. The van der Waals surface area contributed by atoms with Crippen molar-refractivity contribution in [3.8, 4) is 28.4 Å². The quantitative estimate of drug-likeness (QED) is 0.514. The van der Waals surface area contributed by atoms with Crippen molar-refractivity contribution in [3.05, 3.63) is 66.4 Å². The minimum absolute atomic E-state index is 0.0301. The number of nitrogens with zero attached hydrogens (tertiary/aromatic N) is 3. The first-order chi connectivity index (χ1) is 16.2. The summed E-state index contributed by atoms with van der Waals surface area (Å²) in [5, 5.41) is 4.86. The molecule has 2 aromatic carbocycles. The van der Waals surface area contributed by atoms with Crippen LogP contribution in [-0.4, -0.2) is 46.9 Å². The zero-order valence-corrected chi connectivity index (χ0v) is 18.9. The zero-order valence-electron chi connectivity index (χ0n) is 18.9. The van der Waals surface area contributed by atoms with Crippen molar-refractivity contribution >= 4 is 12.0 Å². The Morgan fingerprint density at radius 2 is 1.79 bits per heavy atom. The van der Waals surface area contributed by atoms with Gasteiger partial charge in [-0.3, -0.25) is 4.79 Å². The van der Waals surface area contributed by atoms with Gasteiger partial charge in [0.2, 0.25) is 5.91 Å². The van der Waals surface area contributed by atoms with Gasteiger partial charge >= 0.3 is 0 Å². The van der Waals surface area contributed by atoms with E-state index in [1.165, 1.54) is 19.3 Å². The molecule has 6 heteroatoms. The number of carbonyl (C=O) groups excluding carboxylic acids is 1. The number of ether oxygens (including phenoxy) is 2. The molecular formula is C27H29N3O3. The van der Waals surface area contributed by atoms with Crippen molar-refractivity contribution in [2.75, 3.05) is 20.3 Å². The molecule has 3 aromatic rings. The first kappa shape index (κ1) is 21.3. The highest BCUT2D eigenvalue weighted by molar-refractivity contribution is 5.93. The van der Waals surface area contributed by atoms with Gasteiger partial charge in [-0.2, -0.15) is 5.10 Å². The summed E-state index contributed by atoms with van der Waals surface area (Å²) in [6.07, 6.45) is 11.4. The average Bonchev–Trinajstić information content (AvgIpc) is 3.32. The molecule has 0 saturated heterocycles. The van der Waals surface area contributed by atoms with Gasteiger partial charge in [-0.15, -0.1) is 0 Å². The number of hydrogen-bond donors (Lipinski definition) is 0. The third-order valence-corrected chi connectivity index (χ3v) is 6.45. The van der Waals surface area contributed by atoms with Crippen LogP contribution in [0, 0.1) is 0 Å². The summed E-state index contributed by atoms with van der Waals surface area (Å²) in [4.78, 5) is 14.8. The first-order valence-electron chi connectivity index (χ1n) is 11.7. The van der Waals surface area contributed by atoms with Crippen molar-refractivity contribution in [3.63, 3.8) is 0 Å². The average molecular weight is 444 g/mol. The maximum Gasteiger partial charge on any atom is 0.246 e. The van der Waals surface area contributed by atoms with Gasteiger partial charge in [0.15, 0.2) is 11.5 Å². The van der Waals surface area contributed by atoms with Gasteiger partial charge in [-0.25, -0.2) is 4.68 Å². The maximum absolute atomic E-state index is 12.9. The molecule has 1 amide bonds. The Hall–Kier alpha value is -3.54. The summed E-state index contributed by atoms with van der Waals surface area (Å²) < 4.78 is 13.3. The van der Waals surface area contributed by atoms with Gasteiger partial charge < -0.3 is 14.4 Å². The second-order valence-corrected chi connectivity index (χ2v) is 8.65. The molecule has 1 saturated carbocycles. The lowest BCUT2D eigenvalue weighted by atomic mass is 9.94. The van der Waals surface area contributed by atoms with Crippen LogP contribution in [0.4, 0.5) is 0 Å². The number of aromatic nitrogens is 2. The molecule has 0 atom stereocenters. The van der Waals surface area contributed by atoms with Crippen LogP contribution in [-0.2, 0) is 4.79 Å². The van der Waals surface area contributed by atoms with Gasteiger partial charge in [-0.05, 0) is 49.2 Å². The topological polar surface area (TPSA) is 56.6 Å². The molecule has 2 aliphatic rings. The fraction of sp³-hybridized carbons (Fsp3) is 0.333. The van der Waals surface area contributed by atoms with E-state index in [0.29, 0.717) is 19.3 Å². The molecule has 1 fully saturated rings. The summed E-state index contributed by atoms with van der Waals surface area (Å²) in [5.41, 5.74) is 3.55. The lowest BCUT2D eigenvalue weighted by molar-refractivity contribution is -0.127. The number of carbonyl (C=O) groups is 1. The van der Waals surface area contributed by atoms with Crippen molar-refractivity contribution in [2.24, 2.45) is 0 Å². The predicted molar refractivity (Wildman–Crippen MR) is 129 cm³/mol. The van der Waals surface area contributed by atoms with Crippen LogP contribution in [0.25, 0.3) is 23.0 Å². The summed E-state index contributed by atoms with van der Waals surface area (Å²) in [5.74, 6) is 1.49. The molecule has 0 bridgehead atoms. The molecule has 0 spiro atoms. The van der Waals surface area contributed by atoms with Crippen LogP contribution in [0.3, 0.4) is 0 Å². The highest BCUT2D eigenvalue weighted by atomic mass is 16.6. The first-order valence-corrected chi connectivity index (χ1v) is 11.7. The number of amides is 1. The van der Waals surface area contributed by atoms with Gasteiger partial charge in [0.1, 0.15) is 18.9 Å². The normalized spacial score (nSPS) is 16.2. The minimum atomic E-state index is 0.0301. The van der Waals surface area contributed by atoms with Gasteiger partial charge in [0.25, 0.3) is 0 Å². The Balaban J connectivity index is 1.47. The lowest BCUT2D eigenvalue weighted by Gasteiger charge is -2.30. The predicted octanol–water partition coefficient (Wildman–Crippen LogP) is 5.11. The Morgan fingerprint density at radius 1 is 1.03 bits per heavy atom. The number of para-hydroxylation sites is 1. The molecule has 2 heterocycles. The molecule has 0 radical (unpaired) electrons. The van der Waals surface area contributed by atoms with Gasteiger partial charge in [0, 0.05) is 36.5 Å². The van der Waals surface area contributed by atoms with Crippen LogP contribution >= 0.6 is 0 Å². The molecule has 1 aliphatic carbocycles. The number of benzene rings is 2. The summed E-state index contributed by atoms with van der Waals surface area (Å²) in [6.45, 7) is 1.09. The molecule has 33 heavy (non-hydrogen) atoms.